The molecule has 7 heteroatoms. The van der Waals surface area contributed by atoms with Crippen LogP contribution in [0.1, 0.15) is 26.2 Å². The number of hydrogen-bond donors (Lipinski definition) is 1. The van der Waals surface area contributed by atoms with E-state index in [0.29, 0.717) is 12.0 Å². The quantitative estimate of drug-likeness (QED) is 0.827. The zero-order valence-electron chi connectivity index (χ0n) is 13.5. The van der Waals surface area contributed by atoms with Gasteiger partial charge in [0.05, 0.1) is 0 Å². The smallest absolute Gasteiger partial charge is 0.231 e. The molecule has 21 heavy (non-hydrogen) atoms. The largest absolute Gasteiger partial charge is 0.357 e. The van der Waals surface area contributed by atoms with E-state index >= 15 is 0 Å². The number of rotatable bonds is 7. The van der Waals surface area contributed by atoms with Crippen LogP contribution in [0.15, 0.2) is 0 Å². The molecule has 1 unspecified atom stereocenters. The standard InChI is InChI=1S/C14H26N6S/c1-5-11(10-21-4)19(3)13-16-12(15-2)17-14(18-13)20-8-6-7-9-20/h11H,5-10H2,1-4H3,(H,15,16,17,18). The number of nitrogens with one attached hydrogen (secondary N) is 1. The lowest BCUT2D eigenvalue weighted by Gasteiger charge is -2.27. The fourth-order valence-electron chi connectivity index (χ4n) is 2.54. The van der Waals surface area contributed by atoms with Crippen LogP contribution in [0.25, 0.3) is 0 Å². The van der Waals surface area contributed by atoms with Gasteiger partial charge in [-0.05, 0) is 25.5 Å². The summed E-state index contributed by atoms with van der Waals surface area (Å²) < 4.78 is 0. The summed E-state index contributed by atoms with van der Waals surface area (Å²) in [6, 6.07) is 0.443. The Morgan fingerprint density at radius 1 is 1.29 bits per heavy atom. The summed E-state index contributed by atoms with van der Waals surface area (Å²) in [5.74, 6) is 3.28. The van der Waals surface area contributed by atoms with Gasteiger partial charge in [-0.2, -0.15) is 26.7 Å². The maximum Gasteiger partial charge on any atom is 0.231 e. The summed E-state index contributed by atoms with van der Waals surface area (Å²) in [5.41, 5.74) is 0. The molecule has 1 aliphatic rings. The van der Waals surface area contributed by atoms with Crippen molar-refractivity contribution >= 4 is 29.6 Å². The van der Waals surface area contributed by atoms with Gasteiger partial charge in [-0.3, -0.25) is 0 Å². The molecule has 1 fully saturated rings. The molecular formula is C14H26N6S. The zero-order valence-corrected chi connectivity index (χ0v) is 14.3. The normalized spacial score (nSPS) is 16.1. The predicted octanol–water partition coefficient (Wildman–Crippen LogP) is 2.09. The monoisotopic (exact) mass is 310 g/mol. The fourth-order valence-corrected chi connectivity index (χ4v) is 3.39. The number of aromatic nitrogens is 3. The van der Waals surface area contributed by atoms with E-state index in [1.165, 1.54) is 12.8 Å². The molecule has 1 saturated heterocycles. The Bertz CT molecular complexity index is 449. The van der Waals surface area contributed by atoms with Crippen LogP contribution in [-0.2, 0) is 0 Å². The van der Waals surface area contributed by atoms with E-state index < -0.39 is 0 Å². The highest BCUT2D eigenvalue weighted by molar-refractivity contribution is 7.98. The molecule has 0 amide bonds. The Balaban J connectivity index is 2.26. The molecular weight excluding hydrogens is 284 g/mol. The van der Waals surface area contributed by atoms with Crippen molar-refractivity contribution in [3.8, 4) is 0 Å². The van der Waals surface area contributed by atoms with Gasteiger partial charge >= 0.3 is 0 Å². The van der Waals surface area contributed by atoms with Crippen molar-refractivity contribution in [2.45, 2.75) is 32.2 Å². The van der Waals surface area contributed by atoms with Gasteiger partial charge in [-0.15, -0.1) is 0 Å². The van der Waals surface area contributed by atoms with Crippen LogP contribution in [0.5, 0.6) is 0 Å². The van der Waals surface area contributed by atoms with Gasteiger partial charge in [0.15, 0.2) is 0 Å². The minimum atomic E-state index is 0.443. The van der Waals surface area contributed by atoms with Crippen LogP contribution in [0.3, 0.4) is 0 Å². The van der Waals surface area contributed by atoms with Gasteiger partial charge in [0.2, 0.25) is 17.8 Å². The van der Waals surface area contributed by atoms with Gasteiger partial charge in [-0.25, -0.2) is 0 Å². The summed E-state index contributed by atoms with van der Waals surface area (Å²) in [5, 5.41) is 3.05. The van der Waals surface area contributed by atoms with Gasteiger partial charge in [0.25, 0.3) is 0 Å². The van der Waals surface area contributed by atoms with E-state index in [1.54, 1.807) is 0 Å². The van der Waals surface area contributed by atoms with E-state index in [2.05, 4.69) is 45.3 Å². The molecule has 0 bridgehead atoms. The number of nitrogens with zero attached hydrogens (tertiary/aromatic N) is 5. The van der Waals surface area contributed by atoms with E-state index in [4.69, 9.17) is 4.98 Å². The first-order valence-corrected chi connectivity index (χ1v) is 8.99. The summed E-state index contributed by atoms with van der Waals surface area (Å²) >= 11 is 1.86. The molecule has 0 aromatic carbocycles. The van der Waals surface area contributed by atoms with Gasteiger partial charge < -0.3 is 15.1 Å². The van der Waals surface area contributed by atoms with Crippen molar-refractivity contribution < 1.29 is 0 Å². The first-order chi connectivity index (χ1) is 10.2. The molecule has 0 aliphatic carbocycles. The Labute approximate surface area is 131 Å². The Kier molecular flexibility index (Phi) is 5.90. The molecule has 0 radical (unpaired) electrons. The zero-order chi connectivity index (χ0) is 15.2. The van der Waals surface area contributed by atoms with Gasteiger partial charge in [0, 0.05) is 39.0 Å². The minimum Gasteiger partial charge on any atom is -0.357 e. The molecule has 1 aromatic rings. The summed E-state index contributed by atoms with van der Waals surface area (Å²) in [7, 11) is 3.93. The molecule has 0 spiro atoms. The van der Waals surface area contributed by atoms with Crippen LogP contribution >= 0.6 is 11.8 Å². The van der Waals surface area contributed by atoms with Crippen LogP contribution in [0, 0.1) is 0 Å². The van der Waals surface area contributed by atoms with E-state index in [1.807, 2.05) is 18.8 Å². The lowest BCUT2D eigenvalue weighted by atomic mass is 10.2. The van der Waals surface area contributed by atoms with Gasteiger partial charge in [0.1, 0.15) is 0 Å². The van der Waals surface area contributed by atoms with Gasteiger partial charge in [-0.1, -0.05) is 6.92 Å². The van der Waals surface area contributed by atoms with Crippen LogP contribution in [0.2, 0.25) is 0 Å². The molecule has 2 rings (SSSR count). The predicted molar refractivity (Wildman–Crippen MR) is 91.7 cm³/mol. The first-order valence-electron chi connectivity index (χ1n) is 7.60. The van der Waals surface area contributed by atoms with E-state index in [-0.39, 0.29) is 0 Å². The second-order valence-electron chi connectivity index (χ2n) is 5.33. The average Bonchev–Trinajstić information content (AvgIpc) is 3.05. The Morgan fingerprint density at radius 3 is 2.57 bits per heavy atom. The van der Waals surface area contributed by atoms with E-state index in [9.17, 15) is 0 Å². The van der Waals surface area contributed by atoms with Crippen molar-refractivity contribution in [3.63, 3.8) is 0 Å². The second kappa shape index (κ2) is 7.68. The highest BCUT2D eigenvalue weighted by atomic mass is 32.2. The Morgan fingerprint density at radius 2 is 2.00 bits per heavy atom. The molecule has 1 N–H and O–H groups in total. The fraction of sp³-hybridized carbons (Fsp3) is 0.786. The molecule has 118 valence electrons. The molecule has 2 heterocycles. The van der Waals surface area contributed by atoms with Crippen molar-refractivity contribution in [1.29, 1.82) is 0 Å². The molecule has 6 nitrogen and oxygen atoms in total. The minimum absolute atomic E-state index is 0.443. The second-order valence-corrected chi connectivity index (χ2v) is 6.24. The van der Waals surface area contributed by atoms with Crippen molar-refractivity contribution in [3.05, 3.63) is 0 Å². The SMILES string of the molecule is CCC(CSC)N(C)c1nc(NC)nc(N2CCCC2)n1. The lowest BCUT2D eigenvalue weighted by molar-refractivity contribution is 0.654. The van der Waals surface area contributed by atoms with Crippen molar-refractivity contribution in [2.75, 3.05) is 54.3 Å². The summed E-state index contributed by atoms with van der Waals surface area (Å²) in [6.45, 7) is 4.29. The number of thioether (sulfide) groups is 1. The highest BCUT2D eigenvalue weighted by Crippen LogP contribution is 2.22. The summed E-state index contributed by atoms with van der Waals surface area (Å²) in [6.07, 6.45) is 5.65. The molecule has 1 atom stereocenters. The topological polar surface area (TPSA) is 57.2 Å². The van der Waals surface area contributed by atoms with Crippen molar-refractivity contribution in [1.82, 2.24) is 15.0 Å². The summed E-state index contributed by atoms with van der Waals surface area (Å²) in [4.78, 5) is 18.2. The third kappa shape index (κ3) is 3.90. The number of anilines is 3. The number of hydrogen-bond acceptors (Lipinski definition) is 7. The third-order valence-corrected chi connectivity index (χ3v) is 4.64. The maximum absolute atomic E-state index is 4.69. The van der Waals surface area contributed by atoms with Crippen molar-refractivity contribution in [2.24, 2.45) is 0 Å². The average molecular weight is 310 g/mol. The highest BCUT2D eigenvalue weighted by Gasteiger charge is 2.21. The Hall–Kier alpha value is -1.24. The van der Waals surface area contributed by atoms with Crippen LogP contribution < -0.4 is 15.1 Å². The third-order valence-electron chi connectivity index (χ3n) is 3.92. The van der Waals surface area contributed by atoms with E-state index in [0.717, 1.165) is 37.2 Å². The first kappa shape index (κ1) is 16.1. The maximum atomic E-state index is 4.69. The van der Waals surface area contributed by atoms with Crippen LogP contribution in [0.4, 0.5) is 17.8 Å². The molecule has 1 aliphatic heterocycles. The molecule has 1 aromatic heterocycles. The lowest BCUT2D eigenvalue weighted by Crippen LogP contribution is -2.35. The van der Waals surface area contributed by atoms with Crippen LogP contribution in [-0.4, -0.2) is 60.2 Å². The molecule has 0 saturated carbocycles.